The molecule has 1 heterocycles. The molecule has 0 atom stereocenters. The molecule has 4 rings (SSSR count). The van der Waals surface area contributed by atoms with E-state index in [-0.39, 0.29) is 0 Å². The first-order valence-corrected chi connectivity index (χ1v) is 9.06. The summed E-state index contributed by atoms with van der Waals surface area (Å²) in [4.78, 5) is 11.5. The lowest BCUT2D eigenvalue weighted by atomic mass is 9.93. The van der Waals surface area contributed by atoms with Crippen LogP contribution in [0.2, 0.25) is 0 Å². The minimum atomic E-state index is -0.725. The number of aryl methyl sites for hydroxylation is 1. The molecule has 1 aromatic heterocycles. The summed E-state index contributed by atoms with van der Waals surface area (Å²) in [7, 11) is 0. The molecular formula is C23H21NO3. The van der Waals surface area contributed by atoms with Gasteiger partial charge in [-0.2, -0.15) is 0 Å². The number of carboxylic acid groups (broad SMARTS) is 1. The molecule has 1 aliphatic rings. The van der Waals surface area contributed by atoms with Crippen LogP contribution in [0.4, 0.5) is 0 Å². The minimum absolute atomic E-state index is 0.659. The molecule has 1 aliphatic carbocycles. The molecule has 0 aliphatic heterocycles. The van der Waals surface area contributed by atoms with Crippen molar-refractivity contribution in [3.05, 3.63) is 78.0 Å². The second-order valence-corrected chi connectivity index (χ2v) is 7.11. The molecule has 4 nitrogen and oxygen atoms in total. The van der Waals surface area contributed by atoms with Crippen molar-refractivity contribution in [2.45, 2.75) is 31.6 Å². The number of nitrogens with zero attached hydrogens (tertiary/aromatic N) is 1. The summed E-state index contributed by atoms with van der Waals surface area (Å²) in [6.07, 6.45) is 4.02. The van der Waals surface area contributed by atoms with E-state index in [1.807, 2.05) is 61.5 Å². The number of benzene rings is 2. The second-order valence-electron chi connectivity index (χ2n) is 7.11. The summed E-state index contributed by atoms with van der Waals surface area (Å²) in [5, 5.41) is 13.5. The Morgan fingerprint density at radius 1 is 1.11 bits per heavy atom. The van der Waals surface area contributed by atoms with E-state index in [0.29, 0.717) is 0 Å². The Labute approximate surface area is 158 Å². The number of aliphatic carboxylic acids is 1. The van der Waals surface area contributed by atoms with Crippen molar-refractivity contribution >= 4 is 5.97 Å². The number of carboxylic acids is 1. The fourth-order valence-corrected chi connectivity index (χ4v) is 3.55. The summed E-state index contributed by atoms with van der Waals surface area (Å²) in [6, 6.07) is 16.0. The van der Waals surface area contributed by atoms with Gasteiger partial charge in [0.05, 0.1) is 11.1 Å². The molecule has 1 N–H and O–H groups in total. The fourth-order valence-electron chi connectivity index (χ4n) is 3.55. The number of carbonyl (C=O) groups is 1. The van der Waals surface area contributed by atoms with E-state index in [2.05, 4.69) is 11.7 Å². The first-order chi connectivity index (χ1) is 13.0. The zero-order valence-corrected chi connectivity index (χ0v) is 15.2. The van der Waals surface area contributed by atoms with E-state index in [1.165, 1.54) is 0 Å². The third-order valence-corrected chi connectivity index (χ3v) is 5.41. The number of hydrogen-bond donors (Lipinski definition) is 1. The second kappa shape index (κ2) is 6.54. The smallest absolute Gasteiger partial charge is 0.314 e. The maximum atomic E-state index is 11.5. The first-order valence-electron chi connectivity index (χ1n) is 9.06. The molecule has 4 heteroatoms. The lowest BCUT2D eigenvalue weighted by Gasteiger charge is -2.11. The Hall–Kier alpha value is -3.14. The van der Waals surface area contributed by atoms with Crippen LogP contribution in [0.15, 0.2) is 65.7 Å². The summed E-state index contributed by atoms with van der Waals surface area (Å²) in [5.74, 6) is 0.0590. The largest absolute Gasteiger partial charge is 0.481 e. The molecular weight excluding hydrogens is 338 g/mol. The molecule has 1 fully saturated rings. The number of allylic oxidation sites excluding steroid dienone is 1. The average molecular weight is 359 g/mol. The van der Waals surface area contributed by atoms with Crippen molar-refractivity contribution in [1.82, 2.24) is 5.16 Å². The molecule has 27 heavy (non-hydrogen) atoms. The van der Waals surface area contributed by atoms with Crippen LogP contribution in [0.25, 0.3) is 22.5 Å². The van der Waals surface area contributed by atoms with Crippen molar-refractivity contribution in [1.29, 1.82) is 0 Å². The predicted molar refractivity (Wildman–Crippen MR) is 105 cm³/mol. The Balaban J connectivity index is 1.60. The van der Waals surface area contributed by atoms with E-state index in [9.17, 15) is 9.90 Å². The average Bonchev–Trinajstić information content (AvgIpc) is 3.43. The summed E-state index contributed by atoms with van der Waals surface area (Å²) >= 11 is 0. The first kappa shape index (κ1) is 17.3. The van der Waals surface area contributed by atoms with E-state index in [4.69, 9.17) is 4.52 Å². The highest BCUT2D eigenvalue weighted by Crippen LogP contribution is 2.48. The van der Waals surface area contributed by atoms with Crippen molar-refractivity contribution in [2.24, 2.45) is 0 Å². The Morgan fingerprint density at radius 3 is 2.19 bits per heavy atom. The molecule has 0 unspecified atom stereocenters. The van der Waals surface area contributed by atoms with E-state index in [1.54, 1.807) is 0 Å². The predicted octanol–water partition coefficient (Wildman–Crippen LogP) is 5.16. The van der Waals surface area contributed by atoms with Crippen molar-refractivity contribution < 1.29 is 14.4 Å². The van der Waals surface area contributed by atoms with Crippen LogP contribution in [0, 0.1) is 6.92 Å². The zero-order valence-electron chi connectivity index (χ0n) is 15.2. The van der Waals surface area contributed by atoms with Crippen molar-refractivity contribution in [2.75, 3.05) is 0 Å². The Kier molecular flexibility index (Phi) is 4.19. The standard InChI is InChI=1S/C23H21NO3/c1-3-4-20-15(2)24-27-21(20)18-7-5-16(6-8-18)17-9-11-19(12-10-17)23(13-14-23)22(25)26/h3,5-12H,1,4,13-14H2,2H3,(H,25,26). The van der Waals surface area contributed by atoms with E-state index in [0.717, 1.165) is 58.5 Å². The maximum Gasteiger partial charge on any atom is 0.314 e. The Bertz CT molecular complexity index is 993. The van der Waals surface area contributed by atoms with Gasteiger partial charge < -0.3 is 9.63 Å². The van der Waals surface area contributed by atoms with Crippen LogP contribution in [0.3, 0.4) is 0 Å². The van der Waals surface area contributed by atoms with Crippen molar-refractivity contribution in [3.63, 3.8) is 0 Å². The van der Waals surface area contributed by atoms with Crippen LogP contribution in [-0.4, -0.2) is 16.2 Å². The summed E-state index contributed by atoms with van der Waals surface area (Å²) in [5.41, 5.74) is 5.30. The SMILES string of the molecule is C=CCc1c(C)noc1-c1ccc(-c2ccc(C3(C(=O)O)CC3)cc2)cc1. The fraction of sp³-hybridized carbons (Fsp3) is 0.217. The van der Waals surface area contributed by atoms with E-state index < -0.39 is 11.4 Å². The quantitative estimate of drug-likeness (QED) is 0.617. The number of rotatable bonds is 6. The van der Waals surface area contributed by atoms with Gasteiger partial charge in [0.2, 0.25) is 0 Å². The third kappa shape index (κ3) is 2.97. The van der Waals surface area contributed by atoms with Crippen molar-refractivity contribution in [3.8, 4) is 22.5 Å². The molecule has 1 saturated carbocycles. The number of aromatic nitrogens is 1. The summed E-state index contributed by atoms with van der Waals surface area (Å²) in [6.45, 7) is 5.73. The lowest BCUT2D eigenvalue weighted by Crippen LogP contribution is -2.19. The molecule has 0 radical (unpaired) electrons. The monoisotopic (exact) mass is 359 g/mol. The van der Waals surface area contributed by atoms with Gasteiger partial charge >= 0.3 is 5.97 Å². The summed E-state index contributed by atoms with van der Waals surface area (Å²) < 4.78 is 5.51. The molecule has 136 valence electrons. The molecule has 0 spiro atoms. The normalized spacial score (nSPS) is 14.7. The molecule has 2 aromatic carbocycles. The van der Waals surface area contributed by atoms with Crippen LogP contribution < -0.4 is 0 Å². The molecule has 0 saturated heterocycles. The number of hydrogen-bond acceptors (Lipinski definition) is 3. The Morgan fingerprint density at radius 2 is 1.67 bits per heavy atom. The highest BCUT2D eigenvalue weighted by Gasteiger charge is 2.51. The zero-order chi connectivity index (χ0) is 19.0. The van der Waals surface area contributed by atoms with Gasteiger partial charge in [-0.3, -0.25) is 4.79 Å². The van der Waals surface area contributed by atoms with Gasteiger partial charge in [0.1, 0.15) is 0 Å². The highest BCUT2D eigenvalue weighted by molar-refractivity contribution is 5.85. The molecule has 0 amide bonds. The van der Waals surface area contributed by atoms with E-state index >= 15 is 0 Å². The third-order valence-electron chi connectivity index (χ3n) is 5.41. The topological polar surface area (TPSA) is 63.3 Å². The van der Waals surface area contributed by atoms with Crippen LogP contribution in [0.5, 0.6) is 0 Å². The van der Waals surface area contributed by atoms with Crippen LogP contribution in [0.1, 0.15) is 29.7 Å². The van der Waals surface area contributed by atoms with Gasteiger partial charge in [0.25, 0.3) is 0 Å². The van der Waals surface area contributed by atoms with Gasteiger partial charge in [-0.15, -0.1) is 6.58 Å². The van der Waals surface area contributed by atoms with Gasteiger partial charge in [0, 0.05) is 11.1 Å². The van der Waals surface area contributed by atoms with Gasteiger partial charge in [-0.05, 0) is 42.9 Å². The van der Waals surface area contributed by atoms with Gasteiger partial charge in [-0.1, -0.05) is 59.8 Å². The van der Waals surface area contributed by atoms with Gasteiger partial charge in [-0.25, -0.2) is 0 Å². The van der Waals surface area contributed by atoms with Crippen LogP contribution in [-0.2, 0) is 16.6 Å². The van der Waals surface area contributed by atoms with Crippen LogP contribution >= 0.6 is 0 Å². The molecule has 3 aromatic rings. The maximum absolute atomic E-state index is 11.5. The highest BCUT2D eigenvalue weighted by atomic mass is 16.5. The minimum Gasteiger partial charge on any atom is -0.481 e. The molecule has 0 bridgehead atoms. The van der Waals surface area contributed by atoms with Gasteiger partial charge in [0.15, 0.2) is 5.76 Å². The lowest BCUT2D eigenvalue weighted by molar-refractivity contribution is -0.140.